The molecule has 0 fully saturated rings. The Balaban J connectivity index is 2.11. The van der Waals surface area contributed by atoms with E-state index in [4.69, 9.17) is 0 Å². The number of nitrogens with one attached hydrogen (secondary N) is 1. The molecule has 0 unspecified atom stereocenters. The largest absolute Gasteiger partial charge is 0.365 e. The van der Waals surface area contributed by atoms with Crippen molar-refractivity contribution in [1.82, 2.24) is 9.78 Å². The van der Waals surface area contributed by atoms with E-state index in [-0.39, 0.29) is 12.2 Å². The van der Waals surface area contributed by atoms with Crippen LogP contribution in [0.3, 0.4) is 0 Å². The Labute approximate surface area is 102 Å². The molecule has 1 aromatic heterocycles. The van der Waals surface area contributed by atoms with Crippen molar-refractivity contribution >= 4 is 11.5 Å². The van der Waals surface area contributed by atoms with Crippen LogP contribution in [-0.2, 0) is 13.6 Å². The van der Waals surface area contributed by atoms with Gasteiger partial charge >= 0.3 is 0 Å². The maximum Gasteiger partial charge on any atom is 0.272 e. The number of halogens is 1. The highest BCUT2D eigenvalue weighted by atomic mass is 19.1. The Bertz CT molecular complexity index is 582. The van der Waals surface area contributed by atoms with Gasteiger partial charge in [-0.25, -0.2) is 4.39 Å². The van der Waals surface area contributed by atoms with E-state index in [9.17, 15) is 14.5 Å². The fourth-order valence-corrected chi connectivity index (χ4v) is 1.54. The van der Waals surface area contributed by atoms with Crippen LogP contribution in [0.1, 0.15) is 5.56 Å². The fourth-order valence-electron chi connectivity index (χ4n) is 1.54. The molecule has 2 aromatic rings. The molecule has 0 saturated heterocycles. The molecule has 0 atom stereocenters. The van der Waals surface area contributed by atoms with E-state index in [0.29, 0.717) is 11.4 Å². The van der Waals surface area contributed by atoms with Crippen LogP contribution in [0.2, 0.25) is 0 Å². The molecule has 0 saturated carbocycles. The minimum absolute atomic E-state index is 0.257. The number of hydrogen-bond acceptors (Lipinski definition) is 4. The van der Waals surface area contributed by atoms with Crippen molar-refractivity contribution in [2.24, 2.45) is 7.05 Å². The number of non-ortho nitro benzene ring substituents is 1. The van der Waals surface area contributed by atoms with Crippen LogP contribution in [0.15, 0.2) is 30.5 Å². The number of aromatic nitrogens is 2. The highest BCUT2D eigenvalue weighted by molar-refractivity contribution is 5.39. The number of aryl methyl sites for hydroxylation is 1. The van der Waals surface area contributed by atoms with E-state index in [0.717, 1.165) is 6.07 Å². The first-order valence-corrected chi connectivity index (χ1v) is 5.22. The summed E-state index contributed by atoms with van der Waals surface area (Å²) in [5.41, 5.74) is 0.236. The summed E-state index contributed by atoms with van der Waals surface area (Å²) in [5.74, 6) is 0.00596. The van der Waals surface area contributed by atoms with Gasteiger partial charge in [0.05, 0.1) is 11.0 Å². The van der Waals surface area contributed by atoms with Crippen LogP contribution in [0, 0.1) is 15.9 Å². The van der Waals surface area contributed by atoms with E-state index in [2.05, 4.69) is 10.4 Å². The quantitative estimate of drug-likeness (QED) is 0.666. The van der Waals surface area contributed by atoms with Crippen LogP contribution in [-0.4, -0.2) is 14.7 Å². The average Bonchev–Trinajstić information content (AvgIpc) is 2.72. The maximum atomic E-state index is 13.2. The molecule has 1 N–H and O–H groups in total. The molecular formula is C11H11FN4O2. The van der Waals surface area contributed by atoms with Crippen molar-refractivity contribution in [2.75, 3.05) is 5.32 Å². The minimum atomic E-state index is -0.623. The molecule has 0 spiro atoms. The normalized spacial score (nSPS) is 10.3. The number of benzene rings is 1. The number of rotatable bonds is 4. The van der Waals surface area contributed by atoms with Crippen LogP contribution in [0.25, 0.3) is 0 Å². The zero-order valence-electron chi connectivity index (χ0n) is 9.63. The van der Waals surface area contributed by atoms with Crippen molar-refractivity contribution in [3.05, 3.63) is 52.0 Å². The van der Waals surface area contributed by atoms with Gasteiger partial charge in [0.2, 0.25) is 0 Å². The molecule has 0 aliphatic rings. The van der Waals surface area contributed by atoms with Gasteiger partial charge in [-0.1, -0.05) is 0 Å². The summed E-state index contributed by atoms with van der Waals surface area (Å²) in [5, 5.41) is 17.6. The minimum Gasteiger partial charge on any atom is -0.365 e. The number of anilines is 1. The number of nitrogens with zero attached hydrogens (tertiary/aromatic N) is 3. The predicted octanol–water partition coefficient (Wildman–Crippen LogP) is 2.08. The Kier molecular flexibility index (Phi) is 3.22. The molecule has 94 valence electrons. The Hall–Kier alpha value is -2.44. The highest BCUT2D eigenvalue weighted by Gasteiger charge is 2.09. The third-order valence-electron chi connectivity index (χ3n) is 2.34. The van der Waals surface area contributed by atoms with Gasteiger partial charge in [-0.05, 0) is 11.6 Å². The molecule has 0 amide bonds. The highest BCUT2D eigenvalue weighted by Crippen LogP contribution is 2.17. The topological polar surface area (TPSA) is 73.0 Å². The molecule has 18 heavy (non-hydrogen) atoms. The first-order valence-electron chi connectivity index (χ1n) is 5.22. The molecule has 0 bridgehead atoms. The molecule has 6 nitrogen and oxygen atoms in total. The van der Waals surface area contributed by atoms with Crippen molar-refractivity contribution < 1.29 is 9.31 Å². The second-order valence-corrected chi connectivity index (χ2v) is 3.80. The summed E-state index contributed by atoms with van der Waals surface area (Å²) in [4.78, 5) is 9.97. The number of nitro groups is 1. The lowest BCUT2D eigenvalue weighted by atomic mass is 10.2. The zero-order chi connectivity index (χ0) is 13.1. The summed E-state index contributed by atoms with van der Waals surface area (Å²) in [6, 6.07) is 5.24. The summed E-state index contributed by atoms with van der Waals surface area (Å²) in [6.45, 7) is 0.273. The lowest BCUT2D eigenvalue weighted by molar-refractivity contribution is -0.385. The van der Waals surface area contributed by atoms with Crippen molar-refractivity contribution in [3.8, 4) is 0 Å². The first-order chi connectivity index (χ1) is 8.54. The summed E-state index contributed by atoms with van der Waals surface area (Å²) < 4.78 is 14.8. The smallest absolute Gasteiger partial charge is 0.272 e. The van der Waals surface area contributed by atoms with E-state index < -0.39 is 10.7 Å². The van der Waals surface area contributed by atoms with E-state index in [1.165, 1.54) is 12.1 Å². The molecule has 0 aliphatic heterocycles. The molecule has 0 radical (unpaired) electrons. The second kappa shape index (κ2) is 4.82. The molecule has 1 heterocycles. The lowest BCUT2D eigenvalue weighted by Crippen LogP contribution is -2.02. The Morgan fingerprint density at radius 2 is 2.28 bits per heavy atom. The third-order valence-corrected chi connectivity index (χ3v) is 2.34. The van der Waals surface area contributed by atoms with Gasteiger partial charge in [0.25, 0.3) is 5.69 Å². The number of hydrogen-bond donors (Lipinski definition) is 1. The Morgan fingerprint density at radius 3 is 2.89 bits per heavy atom. The molecule has 1 aromatic carbocycles. The van der Waals surface area contributed by atoms with Gasteiger partial charge in [-0.2, -0.15) is 5.10 Å². The van der Waals surface area contributed by atoms with E-state index in [1.54, 1.807) is 24.0 Å². The Morgan fingerprint density at radius 1 is 1.50 bits per heavy atom. The monoisotopic (exact) mass is 250 g/mol. The molecule has 2 rings (SSSR count). The maximum absolute atomic E-state index is 13.2. The zero-order valence-corrected chi connectivity index (χ0v) is 9.63. The second-order valence-electron chi connectivity index (χ2n) is 3.80. The third kappa shape index (κ3) is 2.82. The first kappa shape index (κ1) is 12.0. The van der Waals surface area contributed by atoms with Crippen molar-refractivity contribution in [1.29, 1.82) is 0 Å². The number of nitro benzene ring substituents is 1. The SMILES string of the molecule is Cn1ccc(NCc2cc(F)cc([N+](=O)[O-])c2)n1. The van der Waals surface area contributed by atoms with Crippen LogP contribution in [0.4, 0.5) is 15.9 Å². The van der Waals surface area contributed by atoms with Crippen molar-refractivity contribution in [2.45, 2.75) is 6.54 Å². The van der Waals surface area contributed by atoms with Gasteiger partial charge in [-0.3, -0.25) is 14.8 Å². The average molecular weight is 250 g/mol. The van der Waals surface area contributed by atoms with Crippen molar-refractivity contribution in [3.63, 3.8) is 0 Å². The van der Waals surface area contributed by atoms with E-state index in [1.807, 2.05) is 0 Å². The summed E-state index contributed by atoms with van der Waals surface area (Å²) in [7, 11) is 1.78. The van der Waals surface area contributed by atoms with Gasteiger partial charge < -0.3 is 5.32 Å². The fraction of sp³-hybridized carbons (Fsp3) is 0.182. The molecular weight excluding hydrogens is 239 g/mol. The summed E-state index contributed by atoms with van der Waals surface area (Å²) in [6.07, 6.45) is 1.76. The van der Waals surface area contributed by atoms with Crippen LogP contribution < -0.4 is 5.32 Å². The molecule has 7 heteroatoms. The van der Waals surface area contributed by atoms with E-state index >= 15 is 0 Å². The summed E-state index contributed by atoms with van der Waals surface area (Å²) >= 11 is 0. The van der Waals surface area contributed by atoms with Crippen LogP contribution >= 0.6 is 0 Å². The van der Waals surface area contributed by atoms with Gasteiger partial charge in [0.15, 0.2) is 0 Å². The van der Waals surface area contributed by atoms with Gasteiger partial charge in [0.1, 0.15) is 11.6 Å². The van der Waals surface area contributed by atoms with Gasteiger partial charge in [-0.15, -0.1) is 0 Å². The van der Waals surface area contributed by atoms with Crippen LogP contribution in [0.5, 0.6) is 0 Å². The standard InChI is InChI=1S/C11H11FN4O2/c1-15-3-2-11(14-15)13-7-8-4-9(12)6-10(5-8)16(17)18/h2-6H,7H2,1H3,(H,13,14). The molecule has 0 aliphatic carbocycles. The predicted molar refractivity (Wildman–Crippen MR) is 63.6 cm³/mol. The lowest BCUT2D eigenvalue weighted by Gasteiger charge is -2.03. The van der Waals surface area contributed by atoms with Gasteiger partial charge in [0, 0.05) is 31.9 Å².